The summed E-state index contributed by atoms with van der Waals surface area (Å²) < 4.78 is 6.35. The second kappa shape index (κ2) is 7.77. The molecule has 3 aromatic carbocycles. The second-order valence-corrected chi connectivity index (χ2v) is 7.64. The van der Waals surface area contributed by atoms with Gasteiger partial charge in [-0.3, -0.25) is 19.8 Å². The monoisotopic (exact) mass is 466 g/mol. The summed E-state index contributed by atoms with van der Waals surface area (Å²) in [6.07, 6.45) is 1.56. The fourth-order valence-electron chi connectivity index (χ4n) is 3.23. The Kier molecular flexibility index (Phi) is 5.17. The van der Waals surface area contributed by atoms with Crippen molar-refractivity contribution in [2.75, 3.05) is 12.0 Å². The third-order valence-corrected chi connectivity index (χ3v) is 5.44. The number of amides is 2. The lowest BCUT2D eigenvalue weighted by Gasteiger charge is -2.29. The molecular weight excluding hydrogens is 452 g/mol. The minimum Gasteiger partial charge on any atom is -0.496 e. The molecule has 29 heavy (non-hydrogen) atoms. The highest BCUT2D eigenvalue weighted by molar-refractivity contribution is 9.10. The largest absolute Gasteiger partial charge is 0.496 e. The molecule has 4 rings (SSSR count). The predicted molar refractivity (Wildman–Crippen MR) is 121 cm³/mol. The van der Waals surface area contributed by atoms with Gasteiger partial charge in [0.1, 0.15) is 11.3 Å². The molecule has 1 fully saturated rings. The van der Waals surface area contributed by atoms with Gasteiger partial charge in [0.15, 0.2) is 5.11 Å². The van der Waals surface area contributed by atoms with Gasteiger partial charge in [-0.05, 0) is 59.4 Å². The standard InChI is InChI=1S/C22H15BrN2O3S/c1-28-19-11-6-13-4-2-3-5-16(13)17(19)12-18-20(26)24-22(29)25(21(18)27)15-9-7-14(23)8-10-15/h2-12H,1H3,(H,24,26,29)/b18-12+. The van der Waals surface area contributed by atoms with Crippen LogP contribution in [0.5, 0.6) is 5.75 Å². The van der Waals surface area contributed by atoms with E-state index in [4.69, 9.17) is 17.0 Å². The third kappa shape index (κ3) is 3.54. The normalized spacial score (nSPS) is 15.7. The molecule has 0 radical (unpaired) electrons. The van der Waals surface area contributed by atoms with Gasteiger partial charge in [-0.25, -0.2) is 0 Å². The number of nitrogens with one attached hydrogen (secondary N) is 1. The van der Waals surface area contributed by atoms with Crippen molar-refractivity contribution in [3.8, 4) is 5.75 Å². The second-order valence-electron chi connectivity index (χ2n) is 6.34. The minimum atomic E-state index is -0.539. The maximum absolute atomic E-state index is 13.2. The van der Waals surface area contributed by atoms with Gasteiger partial charge in [0.2, 0.25) is 0 Å². The van der Waals surface area contributed by atoms with E-state index < -0.39 is 11.8 Å². The van der Waals surface area contributed by atoms with Crippen molar-refractivity contribution in [3.05, 3.63) is 76.3 Å². The van der Waals surface area contributed by atoms with E-state index in [-0.39, 0.29) is 10.7 Å². The average molecular weight is 467 g/mol. The van der Waals surface area contributed by atoms with Gasteiger partial charge in [0.05, 0.1) is 12.8 Å². The Hall–Kier alpha value is -3.03. The number of carbonyl (C=O) groups is 2. The number of anilines is 1. The van der Waals surface area contributed by atoms with Crippen LogP contribution in [0.25, 0.3) is 16.8 Å². The van der Waals surface area contributed by atoms with Crippen LogP contribution in [-0.4, -0.2) is 24.0 Å². The van der Waals surface area contributed by atoms with Gasteiger partial charge >= 0.3 is 0 Å². The fourth-order valence-corrected chi connectivity index (χ4v) is 3.77. The van der Waals surface area contributed by atoms with Crippen molar-refractivity contribution in [3.63, 3.8) is 0 Å². The first-order valence-electron chi connectivity index (χ1n) is 8.72. The topological polar surface area (TPSA) is 58.6 Å². The molecule has 0 aliphatic carbocycles. The van der Waals surface area contributed by atoms with Crippen LogP contribution < -0.4 is 15.0 Å². The molecule has 1 N–H and O–H groups in total. The van der Waals surface area contributed by atoms with Crippen LogP contribution in [0.4, 0.5) is 5.69 Å². The molecule has 0 unspecified atom stereocenters. The molecule has 0 aromatic heterocycles. The van der Waals surface area contributed by atoms with Gasteiger partial charge in [-0.1, -0.05) is 46.3 Å². The highest BCUT2D eigenvalue weighted by atomic mass is 79.9. The van der Waals surface area contributed by atoms with Crippen LogP contribution in [0, 0.1) is 0 Å². The smallest absolute Gasteiger partial charge is 0.270 e. The van der Waals surface area contributed by atoms with E-state index in [1.165, 1.54) is 4.90 Å². The molecule has 1 aliphatic rings. The highest BCUT2D eigenvalue weighted by Crippen LogP contribution is 2.31. The van der Waals surface area contributed by atoms with Gasteiger partial charge in [0, 0.05) is 10.0 Å². The zero-order valence-corrected chi connectivity index (χ0v) is 17.7. The molecule has 2 amide bonds. The number of halogens is 1. The van der Waals surface area contributed by atoms with Crippen molar-refractivity contribution in [1.82, 2.24) is 5.32 Å². The summed E-state index contributed by atoms with van der Waals surface area (Å²) in [5.74, 6) is -0.459. The van der Waals surface area contributed by atoms with Crippen LogP contribution in [0.1, 0.15) is 5.56 Å². The molecular formula is C22H15BrN2O3S. The third-order valence-electron chi connectivity index (χ3n) is 4.63. The van der Waals surface area contributed by atoms with Gasteiger partial charge in [0.25, 0.3) is 11.8 Å². The van der Waals surface area contributed by atoms with E-state index in [2.05, 4.69) is 21.2 Å². The summed E-state index contributed by atoms with van der Waals surface area (Å²) in [5, 5.41) is 4.51. The van der Waals surface area contributed by atoms with Crippen molar-refractivity contribution >= 4 is 67.6 Å². The van der Waals surface area contributed by atoms with Gasteiger partial charge < -0.3 is 4.74 Å². The Morgan fingerprint density at radius 2 is 1.76 bits per heavy atom. The summed E-state index contributed by atoms with van der Waals surface area (Å²) in [5.41, 5.74) is 1.21. The van der Waals surface area contributed by atoms with Crippen LogP contribution >= 0.6 is 28.1 Å². The van der Waals surface area contributed by atoms with E-state index in [1.54, 1.807) is 37.5 Å². The molecule has 144 valence electrons. The Labute approximate surface area is 181 Å². The summed E-state index contributed by atoms with van der Waals surface area (Å²) in [4.78, 5) is 27.2. The first-order valence-corrected chi connectivity index (χ1v) is 9.92. The number of methoxy groups -OCH3 is 1. The molecule has 7 heteroatoms. The highest BCUT2D eigenvalue weighted by Gasteiger charge is 2.34. The SMILES string of the molecule is COc1ccc2ccccc2c1/C=C1\C(=O)NC(=S)N(c2ccc(Br)cc2)C1=O. The number of hydrogen-bond donors (Lipinski definition) is 1. The number of carbonyl (C=O) groups excluding carboxylic acids is 2. The lowest BCUT2D eigenvalue weighted by atomic mass is 9.99. The molecule has 1 aliphatic heterocycles. The predicted octanol–water partition coefficient (Wildman–Crippen LogP) is 4.44. The number of ether oxygens (including phenoxy) is 1. The van der Waals surface area contributed by atoms with E-state index >= 15 is 0 Å². The zero-order chi connectivity index (χ0) is 20.5. The molecule has 0 atom stereocenters. The van der Waals surface area contributed by atoms with E-state index in [1.807, 2.05) is 36.4 Å². The van der Waals surface area contributed by atoms with Gasteiger partial charge in [-0.2, -0.15) is 0 Å². The molecule has 0 bridgehead atoms. The summed E-state index contributed by atoms with van der Waals surface area (Å²) in [6.45, 7) is 0. The number of rotatable bonds is 3. The van der Waals surface area contributed by atoms with Crippen LogP contribution in [-0.2, 0) is 9.59 Å². The number of hydrogen-bond acceptors (Lipinski definition) is 4. The zero-order valence-electron chi connectivity index (χ0n) is 15.3. The quantitative estimate of drug-likeness (QED) is 0.352. The first kappa shape index (κ1) is 19.3. The molecule has 1 saturated heterocycles. The number of benzene rings is 3. The Bertz CT molecular complexity index is 1190. The molecule has 1 heterocycles. The maximum Gasteiger partial charge on any atom is 0.270 e. The Balaban J connectivity index is 1.86. The Morgan fingerprint density at radius 1 is 1.03 bits per heavy atom. The van der Waals surface area contributed by atoms with Crippen LogP contribution in [0.15, 0.2) is 70.7 Å². The van der Waals surface area contributed by atoms with Crippen molar-refractivity contribution < 1.29 is 14.3 Å². The number of fused-ring (bicyclic) bond motifs is 1. The summed E-state index contributed by atoms with van der Waals surface area (Å²) >= 11 is 8.62. The lowest BCUT2D eigenvalue weighted by Crippen LogP contribution is -2.54. The van der Waals surface area contributed by atoms with E-state index in [9.17, 15) is 9.59 Å². The molecule has 0 saturated carbocycles. The van der Waals surface area contributed by atoms with Crippen molar-refractivity contribution in [2.45, 2.75) is 0 Å². The number of thiocarbonyl (C=S) groups is 1. The maximum atomic E-state index is 13.2. The van der Waals surface area contributed by atoms with Gasteiger partial charge in [-0.15, -0.1) is 0 Å². The molecule has 0 spiro atoms. The fraction of sp³-hybridized carbons (Fsp3) is 0.0455. The number of nitrogens with zero attached hydrogens (tertiary/aromatic N) is 1. The summed E-state index contributed by atoms with van der Waals surface area (Å²) in [6, 6.07) is 18.6. The van der Waals surface area contributed by atoms with Crippen molar-refractivity contribution in [1.29, 1.82) is 0 Å². The average Bonchev–Trinajstić information content (AvgIpc) is 2.72. The molecule has 3 aromatic rings. The van der Waals surface area contributed by atoms with Crippen molar-refractivity contribution in [2.24, 2.45) is 0 Å². The minimum absolute atomic E-state index is 0.0174. The van der Waals surface area contributed by atoms with Crippen LogP contribution in [0.2, 0.25) is 0 Å². The van der Waals surface area contributed by atoms with E-state index in [0.29, 0.717) is 17.0 Å². The van der Waals surface area contributed by atoms with E-state index in [0.717, 1.165) is 15.2 Å². The van der Waals surface area contributed by atoms with Crippen LogP contribution in [0.3, 0.4) is 0 Å². The first-order chi connectivity index (χ1) is 14.0. The molecule has 5 nitrogen and oxygen atoms in total. The Morgan fingerprint density at radius 3 is 2.48 bits per heavy atom. The lowest BCUT2D eigenvalue weighted by molar-refractivity contribution is -0.122. The summed E-state index contributed by atoms with van der Waals surface area (Å²) in [7, 11) is 1.55.